The van der Waals surface area contributed by atoms with Gasteiger partial charge in [0.1, 0.15) is 11.3 Å². The number of benzene rings is 1. The van der Waals surface area contributed by atoms with Crippen molar-refractivity contribution in [3.05, 3.63) is 70.2 Å². The van der Waals surface area contributed by atoms with Crippen molar-refractivity contribution in [2.24, 2.45) is 0 Å². The Balaban J connectivity index is 1.45. The van der Waals surface area contributed by atoms with Gasteiger partial charge in [-0.25, -0.2) is 4.79 Å². The maximum absolute atomic E-state index is 13.6. The van der Waals surface area contributed by atoms with Gasteiger partial charge >= 0.3 is 6.03 Å². The maximum atomic E-state index is 13.6. The van der Waals surface area contributed by atoms with Gasteiger partial charge in [0.15, 0.2) is 11.6 Å². The number of imide groups is 1. The fourth-order valence-electron chi connectivity index (χ4n) is 5.20. The molecular weight excluding hydrogens is 420 g/mol. The van der Waals surface area contributed by atoms with Crippen molar-refractivity contribution in [2.45, 2.75) is 52.0 Å². The third-order valence-electron chi connectivity index (χ3n) is 6.78. The fourth-order valence-corrected chi connectivity index (χ4v) is 5.20. The second-order valence-corrected chi connectivity index (χ2v) is 8.93. The highest BCUT2D eigenvalue weighted by molar-refractivity contribution is 6.11. The number of urea groups is 1. The number of rotatable bonds is 4. The zero-order chi connectivity index (χ0) is 23.3. The topological polar surface area (TPSA) is 97.4 Å². The number of nitrogens with one attached hydrogen (secondary N) is 1. The average Bonchev–Trinajstić information content (AvgIpc) is 3.36. The highest BCUT2D eigenvalue weighted by atomic mass is 16.5. The van der Waals surface area contributed by atoms with Crippen molar-refractivity contribution in [1.82, 2.24) is 19.9 Å². The van der Waals surface area contributed by atoms with E-state index < -0.39 is 11.6 Å². The summed E-state index contributed by atoms with van der Waals surface area (Å²) in [6.45, 7) is 5.19. The molecule has 0 saturated carbocycles. The molecular formula is C25H26N4O4. The Morgan fingerprint density at radius 2 is 1.94 bits per heavy atom. The average molecular weight is 447 g/mol. The molecule has 8 nitrogen and oxygen atoms in total. The number of hydrogen-bond donors (Lipinski definition) is 1. The lowest BCUT2D eigenvalue weighted by Gasteiger charge is -2.27. The number of carbonyl (C=O) groups is 3. The van der Waals surface area contributed by atoms with Crippen LogP contribution in [0.25, 0.3) is 5.82 Å². The zero-order valence-electron chi connectivity index (χ0n) is 19.0. The number of carbonyl (C=O) groups excluding carboxylic acids is 3. The summed E-state index contributed by atoms with van der Waals surface area (Å²) in [4.78, 5) is 40.9. The van der Waals surface area contributed by atoms with Gasteiger partial charge in [-0.3, -0.25) is 19.1 Å². The van der Waals surface area contributed by atoms with Crippen LogP contribution in [0.1, 0.15) is 57.9 Å². The molecule has 1 fully saturated rings. The van der Waals surface area contributed by atoms with Crippen molar-refractivity contribution < 1.29 is 18.9 Å². The molecule has 170 valence electrons. The summed E-state index contributed by atoms with van der Waals surface area (Å²) in [7, 11) is 0. The molecule has 1 aliphatic carbocycles. The Labute approximate surface area is 191 Å². The molecule has 33 heavy (non-hydrogen) atoms. The van der Waals surface area contributed by atoms with Crippen LogP contribution in [0.3, 0.4) is 0 Å². The number of aryl methyl sites for hydroxylation is 3. The summed E-state index contributed by atoms with van der Waals surface area (Å²) in [6, 6.07) is 10.8. The largest absolute Gasteiger partial charge is 0.360 e. The number of hydrogen-bond acceptors (Lipinski definition) is 5. The summed E-state index contributed by atoms with van der Waals surface area (Å²) >= 11 is 0. The summed E-state index contributed by atoms with van der Waals surface area (Å²) in [5, 5.41) is 6.98. The normalized spacial score (nSPS) is 20.2. The van der Waals surface area contributed by atoms with Crippen molar-refractivity contribution in [2.75, 3.05) is 6.54 Å². The minimum absolute atomic E-state index is 0.294. The van der Waals surface area contributed by atoms with Crippen LogP contribution >= 0.6 is 0 Å². The first kappa shape index (κ1) is 21.2. The third-order valence-corrected chi connectivity index (χ3v) is 6.78. The molecule has 1 N–H and O–H groups in total. The van der Waals surface area contributed by atoms with E-state index in [-0.39, 0.29) is 18.2 Å². The summed E-state index contributed by atoms with van der Waals surface area (Å²) in [5.41, 5.74) is 2.78. The molecule has 0 bridgehead atoms. The van der Waals surface area contributed by atoms with Crippen LogP contribution in [-0.2, 0) is 16.8 Å². The van der Waals surface area contributed by atoms with Crippen molar-refractivity contribution in [1.29, 1.82) is 0 Å². The van der Waals surface area contributed by atoms with Crippen LogP contribution < -0.4 is 5.32 Å². The van der Waals surface area contributed by atoms with Gasteiger partial charge in [0, 0.05) is 23.0 Å². The third kappa shape index (κ3) is 3.28. The molecule has 1 aliphatic heterocycles. The highest BCUT2D eigenvalue weighted by Crippen LogP contribution is 2.39. The first-order valence-electron chi connectivity index (χ1n) is 11.2. The first-order chi connectivity index (χ1) is 15.8. The molecule has 0 unspecified atom stereocenters. The maximum Gasteiger partial charge on any atom is 0.325 e. The van der Waals surface area contributed by atoms with E-state index in [1.807, 2.05) is 42.7 Å². The van der Waals surface area contributed by atoms with Gasteiger partial charge < -0.3 is 9.84 Å². The van der Waals surface area contributed by atoms with Gasteiger partial charge in [0.25, 0.3) is 5.91 Å². The number of ketones is 1. The van der Waals surface area contributed by atoms with Crippen LogP contribution in [0.15, 0.2) is 40.9 Å². The van der Waals surface area contributed by atoms with Crippen LogP contribution in [0.4, 0.5) is 4.79 Å². The van der Waals surface area contributed by atoms with Crippen molar-refractivity contribution in [3.63, 3.8) is 0 Å². The lowest BCUT2D eigenvalue weighted by Crippen LogP contribution is -2.44. The summed E-state index contributed by atoms with van der Waals surface area (Å²) < 4.78 is 7.01. The smallest absolute Gasteiger partial charge is 0.325 e. The Morgan fingerprint density at radius 1 is 1.15 bits per heavy atom. The van der Waals surface area contributed by atoms with E-state index in [0.29, 0.717) is 29.3 Å². The molecule has 8 heteroatoms. The number of aromatic nitrogens is 2. The van der Waals surface area contributed by atoms with Crippen molar-refractivity contribution >= 4 is 17.7 Å². The second-order valence-electron chi connectivity index (χ2n) is 8.93. The van der Waals surface area contributed by atoms with E-state index in [2.05, 4.69) is 10.5 Å². The standard InChI is InChI=1S/C25H26N4O4/c1-15-12-19(17(3)29(15)22-13-16(2)33-27-22)21(30)14-28-23(31)25(26-24(28)32)11-7-6-9-18-8-4-5-10-20(18)25/h4-5,8,10,12-13H,6-7,9,11,14H2,1-3H3,(H,26,32)/t25-/m0/s1. The first-order valence-corrected chi connectivity index (χ1v) is 11.2. The molecule has 1 aromatic carbocycles. The van der Waals surface area contributed by atoms with E-state index in [9.17, 15) is 14.4 Å². The minimum atomic E-state index is -1.10. The van der Waals surface area contributed by atoms with Gasteiger partial charge in [-0.05, 0) is 63.6 Å². The van der Waals surface area contributed by atoms with Crippen LogP contribution in [-0.4, -0.2) is 38.9 Å². The summed E-state index contributed by atoms with van der Waals surface area (Å²) in [6.07, 6.45) is 3.17. The Morgan fingerprint density at radius 3 is 2.70 bits per heavy atom. The molecule has 0 radical (unpaired) electrons. The molecule has 2 aromatic heterocycles. The Bertz CT molecular complexity index is 1290. The Kier molecular flexibility index (Phi) is 4.96. The van der Waals surface area contributed by atoms with E-state index in [0.717, 1.165) is 41.0 Å². The predicted molar refractivity (Wildman–Crippen MR) is 120 cm³/mol. The van der Waals surface area contributed by atoms with Gasteiger partial charge in [0.2, 0.25) is 0 Å². The number of Topliss-reactive ketones (excluding diaryl/α,β-unsaturated/α-hetero) is 1. The number of amides is 3. The fraction of sp³-hybridized carbons (Fsp3) is 0.360. The SMILES string of the molecule is Cc1cc(-n2c(C)cc(C(=O)CN3C(=O)N[C@]4(CCCCc5ccccc54)C3=O)c2C)no1. The quantitative estimate of drug-likeness (QED) is 0.486. The van der Waals surface area contributed by atoms with Crippen LogP contribution in [0.5, 0.6) is 0 Å². The van der Waals surface area contributed by atoms with E-state index >= 15 is 0 Å². The molecule has 1 saturated heterocycles. The van der Waals surface area contributed by atoms with Crippen LogP contribution in [0.2, 0.25) is 0 Å². The lowest BCUT2D eigenvalue weighted by molar-refractivity contribution is -0.131. The highest BCUT2D eigenvalue weighted by Gasteiger charge is 2.53. The zero-order valence-corrected chi connectivity index (χ0v) is 19.0. The second kappa shape index (κ2) is 7.72. The van der Waals surface area contributed by atoms with Crippen LogP contribution in [0, 0.1) is 20.8 Å². The van der Waals surface area contributed by atoms with Gasteiger partial charge in [-0.2, -0.15) is 0 Å². The monoisotopic (exact) mass is 446 g/mol. The van der Waals surface area contributed by atoms with E-state index in [1.54, 1.807) is 19.1 Å². The molecule has 3 heterocycles. The van der Waals surface area contributed by atoms with E-state index in [4.69, 9.17) is 4.52 Å². The van der Waals surface area contributed by atoms with Gasteiger partial charge in [0.05, 0.1) is 6.54 Å². The summed E-state index contributed by atoms with van der Waals surface area (Å²) in [5.74, 6) is 0.609. The molecule has 5 rings (SSSR count). The van der Waals surface area contributed by atoms with E-state index in [1.165, 1.54) is 0 Å². The number of fused-ring (bicyclic) bond motifs is 2. The minimum Gasteiger partial charge on any atom is -0.360 e. The van der Waals surface area contributed by atoms with Crippen molar-refractivity contribution in [3.8, 4) is 5.82 Å². The Hall–Kier alpha value is -3.68. The molecule has 3 aromatic rings. The lowest BCUT2D eigenvalue weighted by atomic mass is 9.84. The number of nitrogens with zero attached hydrogens (tertiary/aromatic N) is 3. The molecule has 1 atom stereocenters. The van der Waals surface area contributed by atoms with Gasteiger partial charge in [-0.15, -0.1) is 0 Å². The predicted octanol–water partition coefficient (Wildman–Crippen LogP) is 3.75. The molecule has 2 aliphatic rings. The molecule has 1 spiro atoms. The van der Waals surface area contributed by atoms with Gasteiger partial charge in [-0.1, -0.05) is 29.4 Å². The molecule has 3 amide bonds.